The molecule has 3 fully saturated rings. The first-order chi connectivity index (χ1) is 12.8. The lowest BCUT2D eigenvalue weighted by Crippen LogP contribution is -2.44. The molecule has 8 heteroatoms. The summed E-state index contributed by atoms with van der Waals surface area (Å²) in [5.74, 6) is -1.57. The van der Waals surface area contributed by atoms with Crippen molar-refractivity contribution in [3.8, 4) is 0 Å². The number of rotatable bonds is 3. The largest absolute Gasteiger partial charge is 0.480 e. The molecule has 4 unspecified atom stereocenters. The minimum Gasteiger partial charge on any atom is -0.480 e. The second-order valence-electron chi connectivity index (χ2n) is 7.71. The molecule has 2 aliphatic heterocycles. The van der Waals surface area contributed by atoms with Gasteiger partial charge in [-0.2, -0.15) is 0 Å². The number of imide groups is 1. The summed E-state index contributed by atoms with van der Waals surface area (Å²) in [4.78, 5) is 50.0. The molecule has 4 atom stereocenters. The highest BCUT2D eigenvalue weighted by Gasteiger charge is 2.50. The summed E-state index contributed by atoms with van der Waals surface area (Å²) in [5, 5.41) is 14.4. The van der Waals surface area contributed by atoms with Crippen LogP contribution in [0.5, 0.6) is 0 Å². The summed E-state index contributed by atoms with van der Waals surface area (Å²) >= 11 is 0. The monoisotopic (exact) mass is 371 g/mol. The first-order valence-corrected chi connectivity index (χ1v) is 9.09. The maximum Gasteiger partial charge on any atom is 0.326 e. The molecule has 27 heavy (non-hydrogen) atoms. The number of carbonyl (C=O) groups excluding carboxylic acids is 3. The van der Waals surface area contributed by atoms with Crippen molar-refractivity contribution >= 4 is 23.8 Å². The Hall–Kier alpha value is -2.90. The molecule has 0 aromatic heterocycles. The van der Waals surface area contributed by atoms with E-state index in [9.17, 15) is 24.3 Å². The number of nitrogens with one attached hydrogen (secondary N) is 2. The van der Waals surface area contributed by atoms with Gasteiger partial charge >= 0.3 is 12.0 Å². The average molecular weight is 371 g/mol. The summed E-state index contributed by atoms with van der Waals surface area (Å²) in [6.07, 6.45) is 2.78. The lowest BCUT2D eigenvalue weighted by Gasteiger charge is -2.26. The van der Waals surface area contributed by atoms with Crippen LogP contribution in [0.25, 0.3) is 0 Å². The smallest absolute Gasteiger partial charge is 0.326 e. The van der Waals surface area contributed by atoms with Crippen molar-refractivity contribution in [2.45, 2.75) is 37.8 Å². The first-order valence-electron chi connectivity index (χ1n) is 9.09. The number of likely N-dealkylation sites (tertiary alicyclic amines) is 1. The lowest BCUT2D eigenvalue weighted by molar-refractivity contribution is -0.142. The van der Waals surface area contributed by atoms with Crippen LogP contribution in [0.3, 0.4) is 0 Å². The SMILES string of the molecule is CC1(c2cccc(C(=O)N3CC4CCCC4C3C(=O)O)c2)NC(=O)NC1=O. The van der Waals surface area contributed by atoms with Crippen LogP contribution < -0.4 is 10.6 Å². The molecular formula is C19H21N3O5. The molecule has 0 spiro atoms. The summed E-state index contributed by atoms with van der Waals surface area (Å²) in [5.41, 5.74) is -0.474. The Balaban J connectivity index is 1.64. The number of hydrogen-bond donors (Lipinski definition) is 3. The normalized spacial score (nSPS) is 32.2. The summed E-state index contributed by atoms with van der Waals surface area (Å²) in [6.45, 7) is 2.01. The van der Waals surface area contributed by atoms with Gasteiger partial charge < -0.3 is 15.3 Å². The third-order valence-electron chi connectivity index (χ3n) is 6.14. The van der Waals surface area contributed by atoms with Gasteiger partial charge in [0.2, 0.25) is 0 Å². The van der Waals surface area contributed by atoms with E-state index in [1.807, 2.05) is 0 Å². The van der Waals surface area contributed by atoms with E-state index in [1.54, 1.807) is 31.2 Å². The lowest BCUT2D eigenvalue weighted by atomic mass is 9.90. The maximum absolute atomic E-state index is 13.1. The van der Waals surface area contributed by atoms with E-state index < -0.39 is 29.5 Å². The number of amides is 4. The average Bonchev–Trinajstić information content (AvgIpc) is 3.27. The van der Waals surface area contributed by atoms with Crippen LogP contribution in [-0.2, 0) is 15.1 Å². The second-order valence-corrected chi connectivity index (χ2v) is 7.71. The molecule has 2 heterocycles. The van der Waals surface area contributed by atoms with Crippen molar-refractivity contribution in [2.24, 2.45) is 11.8 Å². The van der Waals surface area contributed by atoms with E-state index in [2.05, 4.69) is 10.6 Å². The molecule has 1 aliphatic carbocycles. The Morgan fingerprint density at radius 3 is 2.70 bits per heavy atom. The van der Waals surface area contributed by atoms with Crippen LogP contribution in [0, 0.1) is 11.8 Å². The highest BCUT2D eigenvalue weighted by atomic mass is 16.4. The minimum absolute atomic E-state index is 0.00653. The Morgan fingerprint density at radius 2 is 2.04 bits per heavy atom. The van der Waals surface area contributed by atoms with E-state index in [1.165, 1.54) is 4.90 Å². The maximum atomic E-state index is 13.1. The number of carboxylic acids is 1. The van der Waals surface area contributed by atoms with Gasteiger partial charge in [0.1, 0.15) is 11.6 Å². The zero-order valence-corrected chi connectivity index (χ0v) is 14.9. The Morgan fingerprint density at radius 1 is 1.26 bits per heavy atom. The fraction of sp³-hybridized carbons (Fsp3) is 0.474. The highest BCUT2D eigenvalue weighted by Crippen LogP contribution is 2.42. The van der Waals surface area contributed by atoms with E-state index in [0.717, 1.165) is 19.3 Å². The zero-order valence-electron chi connectivity index (χ0n) is 14.9. The molecule has 4 rings (SSSR count). The molecule has 142 valence electrons. The fourth-order valence-electron chi connectivity index (χ4n) is 4.71. The van der Waals surface area contributed by atoms with Crippen LogP contribution >= 0.6 is 0 Å². The molecule has 2 saturated heterocycles. The van der Waals surface area contributed by atoms with Crippen LogP contribution in [0.2, 0.25) is 0 Å². The molecule has 4 amide bonds. The van der Waals surface area contributed by atoms with Gasteiger partial charge in [0.15, 0.2) is 0 Å². The van der Waals surface area contributed by atoms with E-state index in [0.29, 0.717) is 17.7 Å². The number of hydrogen-bond acceptors (Lipinski definition) is 4. The van der Waals surface area contributed by atoms with Gasteiger partial charge in [0.05, 0.1) is 0 Å². The van der Waals surface area contributed by atoms with Gasteiger partial charge in [-0.3, -0.25) is 14.9 Å². The first kappa shape index (κ1) is 17.5. The quantitative estimate of drug-likeness (QED) is 0.687. The third-order valence-corrected chi connectivity index (χ3v) is 6.14. The van der Waals surface area contributed by atoms with Gasteiger partial charge in [-0.25, -0.2) is 9.59 Å². The van der Waals surface area contributed by atoms with E-state index >= 15 is 0 Å². The van der Waals surface area contributed by atoms with Crippen LogP contribution in [-0.4, -0.2) is 46.4 Å². The van der Waals surface area contributed by atoms with E-state index in [4.69, 9.17) is 0 Å². The summed E-state index contributed by atoms with van der Waals surface area (Å²) < 4.78 is 0. The minimum atomic E-state index is -1.26. The standard InChI is InChI=1S/C19H21N3O5/c1-19(17(26)20-18(27)21-19)12-6-2-4-10(8-12)15(23)22-9-11-5-3-7-13(11)14(22)16(24)25/h2,4,6,8,11,13-14H,3,5,7,9H2,1H3,(H,24,25)(H2,20,21,26,27). The predicted octanol–water partition coefficient (Wildman–Crippen LogP) is 1.07. The molecule has 1 aromatic carbocycles. The number of aliphatic carboxylic acids is 1. The van der Waals surface area contributed by atoms with Gasteiger partial charge in [-0.05, 0) is 49.3 Å². The molecular weight excluding hydrogens is 350 g/mol. The van der Waals surface area contributed by atoms with Crippen molar-refractivity contribution in [2.75, 3.05) is 6.54 Å². The summed E-state index contributed by atoms with van der Waals surface area (Å²) in [6, 6.07) is 5.07. The van der Waals surface area contributed by atoms with Crippen molar-refractivity contribution in [1.29, 1.82) is 0 Å². The molecule has 0 radical (unpaired) electrons. The van der Waals surface area contributed by atoms with Crippen LogP contribution in [0.4, 0.5) is 4.79 Å². The van der Waals surface area contributed by atoms with Gasteiger partial charge in [-0.1, -0.05) is 18.6 Å². The van der Waals surface area contributed by atoms with Crippen molar-refractivity contribution < 1.29 is 24.3 Å². The second kappa shape index (κ2) is 6.07. The Bertz CT molecular complexity index is 854. The number of nitrogens with zero attached hydrogens (tertiary/aromatic N) is 1. The highest BCUT2D eigenvalue weighted by molar-refractivity contribution is 6.07. The van der Waals surface area contributed by atoms with Gasteiger partial charge in [0.25, 0.3) is 11.8 Å². The molecule has 1 saturated carbocycles. The number of benzene rings is 1. The molecule has 0 bridgehead atoms. The van der Waals surface area contributed by atoms with Crippen molar-refractivity contribution in [3.05, 3.63) is 35.4 Å². The number of urea groups is 1. The molecule has 3 aliphatic rings. The number of carboxylic acid groups (broad SMARTS) is 1. The van der Waals surface area contributed by atoms with E-state index in [-0.39, 0.29) is 17.7 Å². The van der Waals surface area contributed by atoms with Crippen molar-refractivity contribution in [3.63, 3.8) is 0 Å². The number of fused-ring (bicyclic) bond motifs is 1. The topological polar surface area (TPSA) is 116 Å². The fourth-order valence-corrected chi connectivity index (χ4v) is 4.71. The molecule has 3 N–H and O–H groups in total. The Kier molecular flexibility index (Phi) is 3.94. The van der Waals surface area contributed by atoms with Crippen LogP contribution in [0.1, 0.15) is 42.1 Å². The van der Waals surface area contributed by atoms with Crippen molar-refractivity contribution in [1.82, 2.24) is 15.5 Å². The molecule has 8 nitrogen and oxygen atoms in total. The predicted molar refractivity (Wildman–Crippen MR) is 93.8 cm³/mol. The van der Waals surface area contributed by atoms with Crippen LogP contribution in [0.15, 0.2) is 24.3 Å². The zero-order chi connectivity index (χ0) is 19.3. The number of carbonyl (C=O) groups is 4. The molecule has 1 aromatic rings. The summed E-state index contributed by atoms with van der Waals surface area (Å²) in [7, 11) is 0. The van der Waals surface area contributed by atoms with Gasteiger partial charge in [-0.15, -0.1) is 0 Å². The van der Waals surface area contributed by atoms with Gasteiger partial charge in [0, 0.05) is 12.1 Å². The Labute approximate surface area is 155 Å². The third kappa shape index (κ3) is 2.67.